The molecular formula is C11H14O3. The highest BCUT2D eigenvalue weighted by molar-refractivity contribution is 6.18. The van der Waals surface area contributed by atoms with E-state index in [-0.39, 0.29) is 35.6 Å². The molecule has 2 aliphatic carbocycles. The molecule has 0 atom stereocenters. The van der Waals surface area contributed by atoms with E-state index in [4.69, 9.17) is 0 Å². The van der Waals surface area contributed by atoms with Crippen LogP contribution in [0.2, 0.25) is 0 Å². The highest BCUT2D eigenvalue weighted by atomic mass is 16.2. The molecule has 0 aromatic rings. The van der Waals surface area contributed by atoms with Crippen molar-refractivity contribution < 1.29 is 14.4 Å². The van der Waals surface area contributed by atoms with Gasteiger partial charge in [-0.05, 0) is 5.41 Å². The minimum absolute atomic E-state index is 0.0154. The lowest BCUT2D eigenvalue weighted by Crippen LogP contribution is -2.55. The van der Waals surface area contributed by atoms with Crippen LogP contribution in [0.1, 0.15) is 39.5 Å². The lowest BCUT2D eigenvalue weighted by atomic mass is 9.54. The van der Waals surface area contributed by atoms with E-state index < -0.39 is 5.41 Å². The second kappa shape index (κ2) is 2.53. The Morgan fingerprint density at radius 1 is 0.857 bits per heavy atom. The molecule has 1 spiro atoms. The third-order valence-electron chi connectivity index (χ3n) is 3.34. The summed E-state index contributed by atoms with van der Waals surface area (Å²) in [6.07, 6.45) is 1.21. The van der Waals surface area contributed by atoms with Crippen LogP contribution in [0.4, 0.5) is 0 Å². The lowest BCUT2D eigenvalue weighted by molar-refractivity contribution is -0.160. The van der Waals surface area contributed by atoms with Gasteiger partial charge in [-0.1, -0.05) is 13.8 Å². The first-order chi connectivity index (χ1) is 6.36. The van der Waals surface area contributed by atoms with Gasteiger partial charge in [0.25, 0.3) is 0 Å². The Labute approximate surface area is 82.9 Å². The normalized spacial score (nSPS) is 29.1. The van der Waals surface area contributed by atoms with Crippen LogP contribution in [-0.2, 0) is 14.4 Å². The summed E-state index contributed by atoms with van der Waals surface area (Å²) in [6.45, 7) is 3.85. The van der Waals surface area contributed by atoms with Gasteiger partial charge in [-0.2, -0.15) is 0 Å². The standard InChI is InChI=1S/C11H14O3/c1-10(2)5-8(13)11(9(14)6-10)3-7(12)4-11/h3-6H2,1-2H3. The third-order valence-corrected chi connectivity index (χ3v) is 3.34. The molecule has 0 amide bonds. The quantitative estimate of drug-likeness (QED) is 0.546. The van der Waals surface area contributed by atoms with Gasteiger partial charge < -0.3 is 0 Å². The maximum Gasteiger partial charge on any atom is 0.147 e. The first-order valence-corrected chi connectivity index (χ1v) is 4.94. The zero-order valence-electron chi connectivity index (χ0n) is 8.55. The third kappa shape index (κ3) is 1.15. The molecule has 0 aromatic heterocycles. The summed E-state index contributed by atoms with van der Waals surface area (Å²) in [7, 11) is 0. The minimum Gasteiger partial charge on any atom is -0.300 e. The van der Waals surface area contributed by atoms with E-state index in [1.54, 1.807) is 0 Å². The molecule has 0 bridgehead atoms. The van der Waals surface area contributed by atoms with Crippen LogP contribution < -0.4 is 0 Å². The highest BCUT2D eigenvalue weighted by Gasteiger charge is 2.58. The Kier molecular flexibility index (Phi) is 1.72. The molecule has 0 unspecified atom stereocenters. The lowest BCUT2D eigenvalue weighted by Gasteiger charge is -2.44. The molecular weight excluding hydrogens is 180 g/mol. The predicted molar refractivity (Wildman–Crippen MR) is 49.7 cm³/mol. The molecule has 0 saturated heterocycles. The molecule has 2 rings (SSSR count). The van der Waals surface area contributed by atoms with E-state index in [0.717, 1.165) is 0 Å². The maximum atomic E-state index is 11.8. The molecule has 0 aliphatic heterocycles. The second-order valence-corrected chi connectivity index (χ2v) is 5.34. The van der Waals surface area contributed by atoms with Crippen LogP contribution in [0.15, 0.2) is 0 Å². The highest BCUT2D eigenvalue weighted by Crippen LogP contribution is 2.49. The van der Waals surface area contributed by atoms with Crippen molar-refractivity contribution in [1.29, 1.82) is 0 Å². The number of carbonyl (C=O) groups is 3. The predicted octanol–water partition coefficient (Wildman–Crippen LogP) is 1.29. The summed E-state index contributed by atoms with van der Waals surface area (Å²) in [6, 6.07) is 0. The van der Waals surface area contributed by atoms with E-state index in [2.05, 4.69) is 0 Å². The van der Waals surface area contributed by atoms with E-state index in [0.29, 0.717) is 12.8 Å². The van der Waals surface area contributed by atoms with Crippen molar-refractivity contribution in [2.24, 2.45) is 10.8 Å². The first-order valence-electron chi connectivity index (χ1n) is 4.94. The molecule has 0 heterocycles. The number of hydrogen-bond acceptors (Lipinski definition) is 3. The molecule has 76 valence electrons. The van der Waals surface area contributed by atoms with Crippen LogP contribution in [0.25, 0.3) is 0 Å². The van der Waals surface area contributed by atoms with Crippen molar-refractivity contribution in [1.82, 2.24) is 0 Å². The van der Waals surface area contributed by atoms with Crippen molar-refractivity contribution in [3.63, 3.8) is 0 Å². The second-order valence-electron chi connectivity index (χ2n) is 5.34. The van der Waals surface area contributed by atoms with Gasteiger partial charge in [0.2, 0.25) is 0 Å². The first kappa shape index (κ1) is 9.56. The summed E-state index contributed by atoms with van der Waals surface area (Å²) in [4.78, 5) is 34.5. The monoisotopic (exact) mass is 194 g/mol. The summed E-state index contributed by atoms with van der Waals surface area (Å²) in [5, 5.41) is 0. The number of hydrogen-bond donors (Lipinski definition) is 0. The van der Waals surface area contributed by atoms with Crippen molar-refractivity contribution in [3.8, 4) is 0 Å². The summed E-state index contributed by atoms with van der Waals surface area (Å²) < 4.78 is 0. The number of rotatable bonds is 0. The number of ketones is 3. The van der Waals surface area contributed by atoms with Crippen LogP contribution in [-0.4, -0.2) is 17.3 Å². The molecule has 3 heteroatoms. The molecule has 0 radical (unpaired) electrons. The zero-order chi connectivity index (χ0) is 10.6. The van der Waals surface area contributed by atoms with Gasteiger partial charge in [0.15, 0.2) is 0 Å². The van der Waals surface area contributed by atoms with E-state index >= 15 is 0 Å². The Morgan fingerprint density at radius 3 is 1.64 bits per heavy atom. The van der Waals surface area contributed by atoms with Crippen molar-refractivity contribution in [3.05, 3.63) is 0 Å². The summed E-state index contributed by atoms with van der Waals surface area (Å²) in [5.41, 5.74) is -1.09. The molecule has 0 N–H and O–H groups in total. The van der Waals surface area contributed by atoms with E-state index in [1.165, 1.54) is 0 Å². The molecule has 0 aromatic carbocycles. The average Bonchev–Trinajstić information content (AvgIpc) is 1.92. The smallest absolute Gasteiger partial charge is 0.147 e. The molecule has 14 heavy (non-hydrogen) atoms. The fourth-order valence-electron chi connectivity index (χ4n) is 2.44. The zero-order valence-corrected chi connectivity index (χ0v) is 8.55. The summed E-state index contributed by atoms with van der Waals surface area (Å²) in [5.74, 6) is 0.0168. The number of carbonyl (C=O) groups excluding carboxylic acids is 3. The van der Waals surface area contributed by atoms with Crippen molar-refractivity contribution in [2.75, 3.05) is 0 Å². The Balaban J connectivity index is 2.26. The van der Waals surface area contributed by atoms with Gasteiger partial charge in [0.1, 0.15) is 22.8 Å². The van der Waals surface area contributed by atoms with Gasteiger partial charge in [-0.15, -0.1) is 0 Å². The van der Waals surface area contributed by atoms with E-state index in [1.807, 2.05) is 13.8 Å². The van der Waals surface area contributed by atoms with Crippen LogP contribution in [0.3, 0.4) is 0 Å². The number of Topliss-reactive ketones (excluding diaryl/α,β-unsaturated/α-hetero) is 3. The fraction of sp³-hybridized carbons (Fsp3) is 0.727. The van der Waals surface area contributed by atoms with Crippen molar-refractivity contribution >= 4 is 17.3 Å². The van der Waals surface area contributed by atoms with Crippen LogP contribution in [0.5, 0.6) is 0 Å². The SMILES string of the molecule is CC1(C)CC(=O)C2(CC(=O)C2)C(=O)C1. The van der Waals surface area contributed by atoms with Gasteiger partial charge in [0, 0.05) is 25.7 Å². The molecule has 2 aliphatic rings. The van der Waals surface area contributed by atoms with E-state index in [9.17, 15) is 14.4 Å². The molecule has 2 saturated carbocycles. The average molecular weight is 194 g/mol. The topological polar surface area (TPSA) is 51.2 Å². The van der Waals surface area contributed by atoms with Gasteiger partial charge in [-0.3, -0.25) is 14.4 Å². The largest absolute Gasteiger partial charge is 0.300 e. The Bertz CT molecular complexity index is 308. The van der Waals surface area contributed by atoms with Crippen LogP contribution >= 0.6 is 0 Å². The van der Waals surface area contributed by atoms with Gasteiger partial charge in [-0.25, -0.2) is 0 Å². The fourth-order valence-corrected chi connectivity index (χ4v) is 2.44. The Hall–Kier alpha value is -0.990. The van der Waals surface area contributed by atoms with Gasteiger partial charge >= 0.3 is 0 Å². The molecule has 3 nitrogen and oxygen atoms in total. The minimum atomic E-state index is -0.882. The summed E-state index contributed by atoms with van der Waals surface area (Å²) >= 11 is 0. The van der Waals surface area contributed by atoms with Gasteiger partial charge in [0.05, 0.1) is 0 Å². The van der Waals surface area contributed by atoms with Crippen molar-refractivity contribution in [2.45, 2.75) is 39.5 Å². The van der Waals surface area contributed by atoms with Crippen LogP contribution in [0, 0.1) is 10.8 Å². The Morgan fingerprint density at radius 2 is 1.29 bits per heavy atom. The molecule has 2 fully saturated rings. The maximum absolute atomic E-state index is 11.8.